The van der Waals surface area contributed by atoms with Crippen molar-refractivity contribution in [1.29, 1.82) is 0 Å². The summed E-state index contributed by atoms with van der Waals surface area (Å²) in [7, 11) is 0. The average molecular weight is 179 g/mol. The van der Waals surface area contributed by atoms with Crippen molar-refractivity contribution in [1.82, 2.24) is 0 Å². The fraction of sp³-hybridized carbons (Fsp3) is 0.636. The molecule has 1 fully saturated rings. The van der Waals surface area contributed by atoms with Gasteiger partial charge in [-0.15, -0.1) is 0 Å². The standard InChI is InChI=1S/C11H17NO/c1-2-13-11-7-4-3-5-9(11)10(12)6-8-11/h3-5,7,9-10H,2,6,8,12H2,1H3/t9?,10-,11?/m0/s1. The first-order valence-corrected chi connectivity index (χ1v) is 5.04. The molecular weight excluding hydrogens is 162 g/mol. The van der Waals surface area contributed by atoms with Crippen molar-refractivity contribution in [3.05, 3.63) is 24.3 Å². The van der Waals surface area contributed by atoms with Gasteiger partial charge in [0.2, 0.25) is 0 Å². The monoisotopic (exact) mass is 179 g/mol. The molecule has 0 aromatic heterocycles. The molecule has 0 bridgehead atoms. The Morgan fingerprint density at radius 3 is 3.15 bits per heavy atom. The minimum atomic E-state index is -0.0804. The molecular formula is C11H17NO. The number of hydrogen-bond acceptors (Lipinski definition) is 2. The van der Waals surface area contributed by atoms with Crippen LogP contribution < -0.4 is 5.73 Å². The fourth-order valence-electron chi connectivity index (χ4n) is 2.49. The largest absolute Gasteiger partial charge is 0.371 e. The predicted octanol–water partition coefficient (Wildman–Crippen LogP) is 1.62. The van der Waals surface area contributed by atoms with Crippen LogP contribution in [0.15, 0.2) is 24.3 Å². The second-order valence-electron chi connectivity index (χ2n) is 3.86. The summed E-state index contributed by atoms with van der Waals surface area (Å²) in [6.45, 7) is 2.81. The highest BCUT2D eigenvalue weighted by molar-refractivity contribution is 5.26. The van der Waals surface area contributed by atoms with Gasteiger partial charge in [-0.1, -0.05) is 24.3 Å². The van der Waals surface area contributed by atoms with Gasteiger partial charge in [0, 0.05) is 18.6 Å². The molecule has 3 atom stereocenters. The molecule has 0 heterocycles. The van der Waals surface area contributed by atoms with Crippen LogP contribution in [0.4, 0.5) is 0 Å². The molecule has 0 aromatic rings. The maximum Gasteiger partial charge on any atom is 0.0943 e. The van der Waals surface area contributed by atoms with E-state index in [2.05, 4.69) is 24.3 Å². The Morgan fingerprint density at radius 2 is 2.38 bits per heavy atom. The van der Waals surface area contributed by atoms with Crippen molar-refractivity contribution in [2.75, 3.05) is 6.61 Å². The van der Waals surface area contributed by atoms with E-state index in [0.717, 1.165) is 19.4 Å². The van der Waals surface area contributed by atoms with E-state index in [0.29, 0.717) is 5.92 Å². The smallest absolute Gasteiger partial charge is 0.0943 e. The fourth-order valence-corrected chi connectivity index (χ4v) is 2.49. The number of rotatable bonds is 2. The molecule has 0 radical (unpaired) electrons. The summed E-state index contributed by atoms with van der Waals surface area (Å²) in [5.41, 5.74) is 5.96. The Labute approximate surface area is 79.5 Å². The highest BCUT2D eigenvalue weighted by Crippen LogP contribution is 2.41. The predicted molar refractivity (Wildman–Crippen MR) is 53.3 cm³/mol. The van der Waals surface area contributed by atoms with E-state index in [9.17, 15) is 0 Å². The molecule has 0 spiro atoms. The van der Waals surface area contributed by atoms with Gasteiger partial charge < -0.3 is 10.5 Å². The third-order valence-corrected chi connectivity index (χ3v) is 3.11. The lowest BCUT2D eigenvalue weighted by molar-refractivity contribution is -0.0189. The maximum atomic E-state index is 6.04. The average Bonchev–Trinajstić information content (AvgIpc) is 2.46. The normalized spacial score (nSPS) is 42.3. The molecule has 2 N–H and O–H groups in total. The number of allylic oxidation sites excluding steroid dienone is 2. The van der Waals surface area contributed by atoms with Crippen LogP contribution in [0.1, 0.15) is 19.8 Å². The lowest BCUT2D eigenvalue weighted by Crippen LogP contribution is -2.40. The molecule has 0 saturated heterocycles. The van der Waals surface area contributed by atoms with E-state index in [1.807, 2.05) is 6.92 Å². The summed E-state index contributed by atoms with van der Waals surface area (Å²) in [5.74, 6) is 0.387. The van der Waals surface area contributed by atoms with Crippen LogP contribution in [0, 0.1) is 5.92 Å². The zero-order valence-corrected chi connectivity index (χ0v) is 8.07. The van der Waals surface area contributed by atoms with Gasteiger partial charge in [-0.3, -0.25) is 0 Å². The molecule has 2 nitrogen and oxygen atoms in total. The highest BCUT2D eigenvalue weighted by atomic mass is 16.5. The second-order valence-corrected chi connectivity index (χ2v) is 3.86. The molecule has 2 aliphatic carbocycles. The molecule has 72 valence electrons. The molecule has 2 rings (SSSR count). The van der Waals surface area contributed by atoms with Gasteiger partial charge in [-0.2, -0.15) is 0 Å². The van der Waals surface area contributed by atoms with Crippen molar-refractivity contribution >= 4 is 0 Å². The van der Waals surface area contributed by atoms with Crippen LogP contribution in [-0.4, -0.2) is 18.2 Å². The summed E-state index contributed by atoms with van der Waals surface area (Å²) >= 11 is 0. The third-order valence-electron chi connectivity index (χ3n) is 3.11. The quantitative estimate of drug-likeness (QED) is 0.699. The lowest BCUT2D eigenvalue weighted by atomic mass is 9.85. The summed E-state index contributed by atoms with van der Waals surface area (Å²) in [6.07, 6.45) is 10.6. The van der Waals surface area contributed by atoms with Gasteiger partial charge in [0.1, 0.15) is 0 Å². The molecule has 13 heavy (non-hydrogen) atoms. The van der Waals surface area contributed by atoms with E-state index in [4.69, 9.17) is 10.5 Å². The highest BCUT2D eigenvalue weighted by Gasteiger charge is 2.45. The minimum absolute atomic E-state index is 0.0804. The second kappa shape index (κ2) is 3.28. The Kier molecular flexibility index (Phi) is 2.26. The van der Waals surface area contributed by atoms with E-state index in [1.54, 1.807) is 0 Å². The van der Waals surface area contributed by atoms with Crippen molar-refractivity contribution < 1.29 is 4.74 Å². The first-order chi connectivity index (χ1) is 6.28. The van der Waals surface area contributed by atoms with Crippen LogP contribution in [0.2, 0.25) is 0 Å². The van der Waals surface area contributed by atoms with Crippen LogP contribution in [0.3, 0.4) is 0 Å². The van der Waals surface area contributed by atoms with Crippen molar-refractivity contribution in [3.63, 3.8) is 0 Å². The van der Waals surface area contributed by atoms with Gasteiger partial charge in [-0.05, 0) is 19.8 Å². The van der Waals surface area contributed by atoms with Crippen LogP contribution >= 0.6 is 0 Å². The minimum Gasteiger partial charge on any atom is -0.371 e. The summed E-state index contributed by atoms with van der Waals surface area (Å²) in [5, 5.41) is 0. The number of nitrogens with two attached hydrogens (primary N) is 1. The van der Waals surface area contributed by atoms with Gasteiger partial charge in [0.25, 0.3) is 0 Å². The van der Waals surface area contributed by atoms with Gasteiger partial charge in [0.05, 0.1) is 5.60 Å². The molecule has 1 saturated carbocycles. The van der Waals surface area contributed by atoms with Crippen molar-refractivity contribution in [2.24, 2.45) is 11.7 Å². The van der Waals surface area contributed by atoms with Gasteiger partial charge in [0.15, 0.2) is 0 Å². The Balaban J connectivity index is 2.24. The SMILES string of the molecule is CCOC12C=CC=CC1[C@@H](N)CC2. The van der Waals surface area contributed by atoms with E-state index in [-0.39, 0.29) is 11.6 Å². The molecule has 2 aliphatic rings. The summed E-state index contributed by atoms with van der Waals surface area (Å²) < 4.78 is 5.85. The zero-order valence-electron chi connectivity index (χ0n) is 8.07. The molecule has 0 aromatic carbocycles. The van der Waals surface area contributed by atoms with Crippen LogP contribution in [0.5, 0.6) is 0 Å². The Bertz CT molecular complexity index is 242. The number of ether oxygens (including phenoxy) is 1. The Hall–Kier alpha value is -0.600. The maximum absolute atomic E-state index is 6.04. The number of hydrogen-bond donors (Lipinski definition) is 1. The first kappa shape index (κ1) is 8.97. The van der Waals surface area contributed by atoms with Gasteiger partial charge in [-0.25, -0.2) is 0 Å². The van der Waals surface area contributed by atoms with Crippen molar-refractivity contribution in [2.45, 2.75) is 31.4 Å². The topological polar surface area (TPSA) is 35.2 Å². The van der Waals surface area contributed by atoms with E-state index < -0.39 is 0 Å². The van der Waals surface area contributed by atoms with Gasteiger partial charge >= 0.3 is 0 Å². The summed E-state index contributed by atoms with van der Waals surface area (Å²) in [4.78, 5) is 0. The first-order valence-electron chi connectivity index (χ1n) is 5.04. The zero-order chi connectivity index (χ0) is 9.31. The van der Waals surface area contributed by atoms with E-state index >= 15 is 0 Å². The lowest BCUT2D eigenvalue weighted by Gasteiger charge is -2.33. The van der Waals surface area contributed by atoms with E-state index in [1.165, 1.54) is 0 Å². The Morgan fingerprint density at radius 1 is 1.54 bits per heavy atom. The molecule has 0 amide bonds. The number of fused-ring (bicyclic) bond motifs is 1. The van der Waals surface area contributed by atoms with Crippen molar-refractivity contribution in [3.8, 4) is 0 Å². The molecule has 0 aliphatic heterocycles. The third kappa shape index (κ3) is 1.34. The van der Waals surface area contributed by atoms with Crippen LogP contribution in [-0.2, 0) is 4.74 Å². The van der Waals surface area contributed by atoms with Crippen LogP contribution in [0.25, 0.3) is 0 Å². The summed E-state index contributed by atoms with van der Waals surface area (Å²) in [6, 6.07) is 0.271. The molecule has 2 unspecified atom stereocenters. The molecule has 2 heteroatoms.